The Morgan fingerprint density at radius 3 is 2.44 bits per heavy atom. The van der Waals surface area contributed by atoms with Crippen molar-refractivity contribution in [3.05, 3.63) is 0 Å². The zero-order chi connectivity index (χ0) is 13.2. The summed E-state index contributed by atoms with van der Waals surface area (Å²) in [5, 5.41) is 3.36. The molecule has 0 saturated heterocycles. The average molecular weight is 251 g/mol. The molecule has 18 heavy (non-hydrogen) atoms. The lowest BCUT2D eigenvalue weighted by Gasteiger charge is -2.31. The standard InChI is InChI=1S/C16H29NO/c1-12(2)11-16(8-4-5-9-16)15(18)17-14-7-6-13(3)10-14/h12-14H,4-11H2,1-3H3,(H,17,18). The first-order chi connectivity index (χ1) is 8.52. The minimum atomic E-state index is -0.0278. The maximum atomic E-state index is 12.7. The highest BCUT2D eigenvalue weighted by Crippen LogP contribution is 2.43. The van der Waals surface area contributed by atoms with E-state index in [2.05, 4.69) is 26.1 Å². The molecule has 2 fully saturated rings. The van der Waals surface area contributed by atoms with Gasteiger partial charge in [-0.25, -0.2) is 0 Å². The van der Waals surface area contributed by atoms with Crippen LogP contribution in [0.3, 0.4) is 0 Å². The SMILES string of the molecule is CC(C)CC1(C(=O)NC2CCC(C)C2)CCCC1. The quantitative estimate of drug-likeness (QED) is 0.806. The van der Waals surface area contributed by atoms with Gasteiger partial charge in [-0.05, 0) is 50.4 Å². The lowest BCUT2D eigenvalue weighted by atomic mass is 9.77. The van der Waals surface area contributed by atoms with Gasteiger partial charge in [-0.3, -0.25) is 4.79 Å². The zero-order valence-electron chi connectivity index (χ0n) is 12.3. The second kappa shape index (κ2) is 5.63. The Balaban J connectivity index is 1.96. The Morgan fingerprint density at radius 2 is 1.94 bits per heavy atom. The molecule has 2 unspecified atom stereocenters. The summed E-state index contributed by atoms with van der Waals surface area (Å²) in [4.78, 5) is 12.7. The van der Waals surface area contributed by atoms with Crippen molar-refractivity contribution in [2.75, 3.05) is 0 Å². The first-order valence-corrected chi connectivity index (χ1v) is 7.83. The number of hydrogen-bond donors (Lipinski definition) is 1. The summed E-state index contributed by atoms with van der Waals surface area (Å²) in [5.74, 6) is 1.78. The summed E-state index contributed by atoms with van der Waals surface area (Å²) >= 11 is 0. The molecule has 0 aromatic carbocycles. The van der Waals surface area contributed by atoms with Crippen molar-refractivity contribution in [3.8, 4) is 0 Å². The molecule has 0 aromatic rings. The molecule has 2 nitrogen and oxygen atoms in total. The summed E-state index contributed by atoms with van der Waals surface area (Å²) in [6.07, 6.45) is 9.42. The topological polar surface area (TPSA) is 29.1 Å². The van der Waals surface area contributed by atoms with Crippen molar-refractivity contribution in [1.82, 2.24) is 5.32 Å². The van der Waals surface area contributed by atoms with Crippen molar-refractivity contribution in [3.63, 3.8) is 0 Å². The summed E-state index contributed by atoms with van der Waals surface area (Å²) < 4.78 is 0. The van der Waals surface area contributed by atoms with E-state index in [1.807, 2.05) is 0 Å². The van der Waals surface area contributed by atoms with Gasteiger partial charge in [-0.15, -0.1) is 0 Å². The number of amides is 1. The van der Waals surface area contributed by atoms with E-state index in [9.17, 15) is 4.79 Å². The number of carbonyl (C=O) groups excluding carboxylic acids is 1. The minimum Gasteiger partial charge on any atom is -0.353 e. The van der Waals surface area contributed by atoms with Crippen LogP contribution >= 0.6 is 0 Å². The van der Waals surface area contributed by atoms with Gasteiger partial charge >= 0.3 is 0 Å². The summed E-state index contributed by atoms with van der Waals surface area (Å²) in [6.45, 7) is 6.78. The second-order valence-electron chi connectivity index (χ2n) is 7.17. The summed E-state index contributed by atoms with van der Waals surface area (Å²) in [6, 6.07) is 0.456. The first kappa shape index (κ1) is 13.9. The second-order valence-corrected chi connectivity index (χ2v) is 7.17. The Bertz CT molecular complexity index is 291. The molecule has 0 radical (unpaired) electrons. The number of carbonyl (C=O) groups is 1. The molecule has 2 aliphatic carbocycles. The van der Waals surface area contributed by atoms with Crippen molar-refractivity contribution in [1.29, 1.82) is 0 Å². The van der Waals surface area contributed by atoms with Crippen LogP contribution in [0.25, 0.3) is 0 Å². The highest BCUT2D eigenvalue weighted by molar-refractivity contribution is 5.83. The molecule has 0 aliphatic heterocycles. The maximum absolute atomic E-state index is 12.7. The van der Waals surface area contributed by atoms with Crippen molar-refractivity contribution >= 4 is 5.91 Å². The Hall–Kier alpha value is -0.530. The lowest BCUT2D eigenvalue weighted by molar-refractivity contribution is -0.132. The highest BCUT2D eigenvalue weighted by Gasteiger charge is 2.42. The lowest BCUT2D eigenvalue weighted by Crippen LogP contribution is -2.44. The van der Waals surface area contributed by atoms with Crippen LogP contribution in [-0.2, 0) is 4.79 Å². The number of nitrogens with one attached hydrogen (secondary N) is 1. The molecule has 2 saturated carbocycles. The van der Waals surface area contributed by atoms with Crippen LogP contribution < -0.4 is 5.32 Å². The largest absolute Gasteiger partial charge is 0.353 e. The fraction of sp³-hybridized carbons (Fsp3) is 0.938. The molecule has 0 aromatic heterocycles. The van der Waals surface area contributed by atoms with Crippen LogP contribution in [0.15, 0.2) is 0 Å². The molecule has 0 bridgehead atoms. The van der Waals surface area contributed by atoms with E-state index in [4.69, 9.17) is 0 Å². The molecule has 2 rings (SSSR count). The smallest absolute Gasteiger partial charge is 0.226 e. The van der Waals surface area contributed by atoms with Gasteiger partial charge in [0.1, 0.15) is 0 Å². The van der Waals surface area contributed by atoms with E-state index >= 15 is 0 Å². The molecule has 1 amide bonds. The van der Waals surface area contributed by atoms with Crippen LogP contribution in [0.1, 0.15) is 72.1 Å². The number of rotatable bonds is 4. The molecule has 2 heteroatoms. The van der Waals surface area contributed by atoms with Crippen molar-refractivity contribution < 1.29 is 4.79 Å². The predicted octanol–water partition coefficient (Wildman–Crippen LogP) is 3.90. The monoisotopic (exact) mass is 251 g/mol. The van der Waals surface area contributed by atoms with Gasteiger partial charge in [-0.2, -0.15) is 0 Å². The van der Waals surface area contributed by atoms with E-state index in [1.165, 1.54) is 32.1 Å². The minimum absolute atomic E-state index is 0.0278. The third kappa shape index (κ3) is 3.07. The maximum Gasteiger partial charge on any atom is 0.226 e. The fourth-order valence-corrected chi connectivity index (χ4v) is 4.03. The molecule has 0 spiro atoms. The van der Waals surface area contributed by atoms with Gasteiger partial charge in [0.05, 0.1) is 0 Å². The van der Waals surface area contributed by atoms with E-state index in [1.54, 1.807) is 0 Å². The van der Waals surface area contributed by atoms with E-state index in [0.717, 1.165) is 25.2 Å². The van der Waals surface area contributed by atoms with Gasteiger partial charge in [0, 0.05) is 11.5 Å². The van der Waals surface area contributed by atoms with E-state index in [-0.39, 0.29) is 5.41 Å². The van der Waals surface area contributed by atoms with Crippen LogP contribution in [-0.4, -0.2) is 11.9 Å². The van der Waals surface area contributed by atoms with Gasteiger partial charge in [0.25, 0.3) is 0 Å². The van der Waals surface area contributed by atoms with Gasteiger partial charge in [0.2, 0.25) is 5.91 Å². The van der Waals surface area contributed by atoms with E-state index in [0.29, 0.717) is 17.9 Å². The van der Waals surface area contributed by atoms with Gasteiger partial charge in [-0.1, -0.05) is 33.6 Å². The summed E-state index contributed by atoms with van der Waals surface area (Å²) in [7, 11) is 0. The third-order valence-electron chi connectivity index (χ3n) is 4.87. The average Bonchev–Trinajstić information content (AvgIpc) is 2.88. The molecule has 0 heterocycles. The molecule has 1 N–H and O–H groups in total. The van der Waals surface area contributed by atoms with Gasteiger partial charge in [0.15, 0.2) is 0 Å². The predicted molar refractivity (Wildman–Crippen MR) is 75.3 cm³/mol. The van der Waals surface area contributed by atoms with Crippen LogP contribution in [0, 0.1) is 17.3 Å². The zero-order valence-corrected chi connectivity index (χ0v) is 12.3. The van der Waals surface area contributed by atoms with Crippen molar-refractivity contribution in [2.45, 2.75) is 78.2 Å². The first-order valence-electron chi connectivity index (χ1n) is 7.83. The molecule has 2 atom stereocenters. The normalized spacial score (nSPS) is 30.9. The Labute approximate surface area is 112 Å². The Morgan fingerprint density at radius 1 is 1.28 bits per heavy atom. The molecular weight excluding hydrogens is 222 g/mol. The van der Waals surface area contributed by atoms with Crippen LogP contribution in [0.5, 0.6) is 0 Å². The Kier molecular flexibility index (Phi) is 4.34. The number of hydrogen-bond acceptors (Lipinski definition) is 1. The van der Waals surface area contributed by atoms with Gasteiger partial charge < -0.3 is 5.32 Å². The van der Waals surface area contributed by atoms with Crippen LogP contribution in [0.2, 0.25) is 0 Å². The van der Waals surface area contributed by atoms with E-state index < -0.39 is 0 Å². The third-order valence-corrected chi connectivity index (χ3v) is 4.87. The summed E-state index contributed by atoms with van der Waals surface area (Å²) in [5.41, 5.74) is -0.0278. The molecule has 104 valence electrons. The highest BCUT2D eigenvalue weighted by atomic mass is 16.2. The van der Waals surface area contributed by atoms with Crippen LogP contribution in [0.4, 0.5) is 0 Å². The van der Waals surface area contributed by atoms with Crippen molar-refractivity contribution in [2.24, 2.45) is 17.3 Å². The molecule has 2 aliphatic rings. The molecular formula is C16H29NO. The fourth-order valence-electron chi connectivity index (χ4n) is 4.03.